The Labute approximate surface area is 66.2 Å². The zero-order chi connectivity index (χ0) is 8.53. The van der Waals surface area contributed by atoms with E-state index in [-0.39, 0.29) is 6.03 Å². The minimum absolute atomic E-state index is 0.345. The molecule has 0 aromatic heterocycles. The number of carbonyl (C=O) groups is 1. The van der Waals surface area contributed by atoms with Gasteiger partial charge in [0.2, 0.25) is 0 Å². The SMILES string of the molecule is COCCCCNC(=O)NN. The van der Waals surface area contributed by atoms with Gasteiger partial charge in [-0.05, 0) is 12.8 Å². The summed E-state index contributed by atoms with van der Waals surface area (Å²) in [4.78, 5) is 10.5. The smallest absolute Gasteiger partial charge is 0.328 e. The van der Waals surface area contributed by atoms with Gasteiger partial charge in [0, 0.05) is 20.3 Å². The molecule has 0 radical (unpaired) electrons. The van der Waals surface area contributed by atoms with Gasteiger partial charge in [0.25, 0.3) is 0 Å². The predicted octanol–water partition coefficient (Wildman–Crippen LogP) is -0.414. The van der Waals surface area contributed by atoms with E-state index in [4.69, 9.17) is 10.6 Å². The van der Waals surface area contributed by atoms with Crippen LogP contribution in [0.5, 0.6) is 0 Å². The van der Waals surface area contributed by atoms with Gasteiger partial charge in [-0.3, -0.25) is 5.43 Å². The number of nitrogens with one attached hydrogen (secondary N) is 2. The van der Waals surface area contributed by atoms with Crippen LogP contribution in [0.1, 0.15) is 12.8 Å². The van der Waals surface area contributed by atoms with Crippen LogP contribution in [0.25, 0.3) is 0 Å². The summed E-state index contributed by atoms with van der Waals surface area (Å²) in [5.41, 5.74) is 1.97. The monoisotopic (exact) mass is 161 g/mol. The van der Waals surface area contributed by atoms with E-state index in [2.05, 4.69) is 5.32 Å². The molecule has 0 saturated heterocycles. The highest BCUT2D eigenvalue weighted by molar-refractivity contribution is 5.72. The number of nitrogens with two attached hydrogens (primary N) is 1. The number of carbonyl (C=O) groups excluding carboxylic acids is 1. The summed E-state index contributed by atoms with van der Waals surface area (Å²) in [6, 6.07) is -0.345. The molecule has 0 unspecified atom stereocenters. The van der Waals surface area contributed by atoms with Gasteiger partial charge in [0.1, 0.15) is 0 Å². The van der Waals surface area contributed by atoms with Crippen LogP contribution >= 0.6 is 0 Å². The number of methoxy groups -OCH3 is 1. The van der Waals surface area contributed by atoms with Gasteiger partial charge in [-0.15, -0.1) is 0 Å². The van der Waals surface area contributed by atoms with E-state index >= 15 is 0 Å². The topological polar surface area (TPSA) is 76.4 Å². The van der Waals surface area contributed by atoms with E-state index in [9.17, 15) is 4.79 Å². The molecule has 0 aliphatic carbocycles. The van der Waals surface area contributed by atoms with Gasteiger partial charge in [0.05, 0.1) is 0 Å². The lowest BCUT2D eigenvalue weighted by Gasteiger charge is -2.02. The zero-order valence-electron chi connectivity index (χ0n) is 6.72. The molecular formula is C6H15N3O2. The lowest BCUT2D eigenvalue weighted by Crippen LogP contribution is -2.40. The predicted molar refractivity (Wildman–Crippen MR) is 41.8 cm³/mol. The summed E-state index contributed by atoms with van der Waals surface area (Å²) >= 11 is 0. The van der Waals surface area contributed by atoms with E-state index in [1.54, 1.807) is 7.11 Å². The molecule has 0 aliphatic heterocycles. The van der Waals surface area contributed by atoms with Crippen molar-refractivity contribution in [3.63, 3.8) is 0 Å². The van der Waals surface area contributed by atoms with Crippen LogP contribution in [-0.4, -0.2) is 26.3 Å². The van der Waals surface area contributed by atoms with Gasteiger partial charge in [0.15, 0.2) is 0 Å². The molecule has 0 aliphatic rings. The Morgan fingerprint density at radius 3 is 2.82 bits per heavy atom. The molecule has 5 heteroatoms. The Kier molecular flexibility index (Phi) is 6.76. The van der Waals surface area contributed by atoms with E-state index < -0.39 is 0 Å². The normalized spacial score (nSPS) is 9.27. The third-order valence-electron chi connectivity index (χ3n) is 1.19. The van der Waals surface area contributed by atoms with Crippen molar-refractivity contribution in [1.82, 2.24) is 10.7 Å². The number of rotatable bonds is 5. The molecule has 0 aromatic carbocycles. The van der Waals surface area contributed by atoms with Crippen LogP contribution in [0.2, 0.25) is 0 Å². The molecular weight excluding hydrogens is 146 g/mol. The fraction of sp³-hybridized carbons (Fsp3) is 0.833. The van der Waals surface area contributed by atoms with E-state index in [1.807, 2.05) is 5.43 Å². The third-order valence-corrected chi connectivity index (χ3v) is 1.19. The number of ether oxygens (including phenoxy) is 1. The van der Waals surface area contributed by atoms with Gasteiger partial charge >= 0.3 is 6.03 Å². The average Bonchev–Trinajstić information content (AvgIpc) is 2.04. The van der Waals surface area contributed by atoms with Crippen LogP contribution in [0.15, 0.2) is 0 Å². The lowest BCUT2D eigenvalue weighted by molar-refractivity contribution is 0.192. The first-order valence-electron chi connectivity index (χ1n) is 3.54. The molecule has 5 nitrogen and oxygen atoms in total. The van der Waals surface area contributed by atoms with Crippen LogP contribution < -0.4 is 16.6 Å². The first-order chi connectivity index (χ1) is 5.31. The number of unbranched alkanes of at least 4 members (excludes halogenated alkanes) is 1. The molecule has 4 N–H and O–H groups in total. The van der Waals surface area contributed by atoms with Crippen LogP contribution in [0.3, 0.4) is 0 Å². The van der Waals surface area contributed by atoms with Crippen molar-refractivity contribution in [3.8, 4) is 0 Å². The molecule has 66 valence electrons. The highest BCUT2D eigenvalue weighted by atomic mass is 16.5. The molecule has 0 rings (SSSR count). The van der Waals surface area contributed by atoms with Crippen molar-refractivity contribution in [1.29, 1.82) is 0 Å². The van der Waals surface area contributed by atoms with Crippen molar-refractivity contribution in [2.24, 2.45) is 5.84 Å². The zero-order valence-corrected chi connectivity index (χ0v) is 6.72. The third kappa shape index (κ3) is 7.08. The summed E-state index contributed by atoms with van der Waals surface area (Å²) in [7, 11) is 1.65. The number of hydrazine groups is 1. The quantitative estimate of drug-likeness (QED) is 0.222. The van der Waals surface area contributed by atoms with Crippen LogP contribution in [0, 0.1) is 0 Å². The maximum Gasteiger partial charge on any atom is 0.328 e. The summed E-state index contributed by atoms with van der Waals surface area (Å²) in [6.07, 6.45) is 1.85. The summed E-state index contributed by atoms with van der Waals surface area (Å²) in [6.45, 7) is 1.36. The number of urea groups is 1. The maximum atomic E-state index is 10.5. The first kappa shape index (κ1) is 10.2. The minimum atomic E-state index is -0.345. The average molecular weight is 161 g/mol. The Bertz CT molecular complexity index is 108. The second-order valence-corrected chi connectivity index (χ2v) is 2.10. The number of amides is 2. The summed E-state index contributed by atoms with van der Waals surface area (Å²) < 4.78 is 4.82. The Morgan fingerprint density at radius 1 is 1.55 bits per heavy atom. The molecule has 0 fully saturated rings. The van der Waals surface area contributed by atoms with Crippen LogP contribution in [0.4, 0.5) is 4.79 Å². The molecule has 0 aromatic rings. The van der Waals surface area contributed by atoms with Gasteiger partial charge in [-0.2, -0.15) is 0 Å². The summed E-state index contributed by atoms with van der Waals surface area (Å²) in [5, 5.41) is 2.56. The van der Waals surface area contributed by atoms with Crippen molar-refractivity contribution in [3.05, 3.63) is 0 Å². The Balaban J connectivity index is 2.95. The molecule has 2 amide bonds. The number of hydrogen-bond donors (Lipinski definition) is 3. The molecule has 0 heterocycles. The van der Waals surface area contributed by atoms with Crippen molar-refractivity contribution >= 4 is 6.03 Å². The second-order valence-electron chi connectivity index (χ2n) is 2.10. The first-order valence-corrected chi connectivity index (χ1v) is 3.54. The van der Waals surface area contributed by atoms with Gasteiger partial charge in [-0.25, -0.2) is 10.6 Å². The summed E-state index contributed by atoms with van der Waals surface area (Å²) in [5.74, 6) is 4.83. The van der Waals surface area contributed by atoms with E-state index in [0.717, 1.165) is 19.4 Å². The lowest BCUT2D eigenvalue weighted by atomic mass is 10.3. The standard InChI is InChI=1S/C6H15N3O2/c1-11-5-3-2-4-8-6(10)9-7/h2-5,7H2,1H3,(H2,8,9,10). The highest BCUT2D eigenvalue weighted by Gasteiger charge is 1.93. The molecule has 0 atom stereocenters. The number of hydrogen-bond acceptors (Lipinski definition) is 3. The van der Waals surface area contributed by atoms with E-state index in [0.29, 0.717) is 6.54 Å². The minimum Gasteiger partial charge on any atom is -0.385 e. The molecule has 0 saturated carbocycles. The van der Waals surface area contributed by atoms with E-state index in [1.165, 1.54) is 0 Å². The fourth-order valence-corrected chi connectivity index (χ4v) is 0.624. The molecule has 11 heavy (non-hydrogen) atoms. The fourth-order valence-electron chi connectivity index (χ4n) is 0.624. The van der Waals surface area contributed by atoms with Crippen molar-refractivity contribution in [2.45, 2.75) is 12.8 Å². The van der Waals surface area contributed by atoms with Gasteiger partial charge in [-0.1, -0.05) is 0 Å². The Hall–Kier alpha value is -0.810. The van der Waals surface area contributed by atoms with Gasteiger partial charge < -0.3 is 10.1 Å². The molecule has 0 bridgehead atoms. The van der Waals surface area contributed by atoms with Crippen molar-refractivity contribution < 1.29 is 9.53 Å². The Morgan fingerprint density at radius 2 is 2.27 bits per heavy atom. The highest BCUT2D eigenvalue weighted by Crippen LogP contribution is 1.85. The maximum absolute atomic E-state index is 10.5. The molecule has 0 spiro atoms. The van der Waals surface area contributed by atoms with Crippen LogP contribution in [-0.2, 0) is 4.74 Å². The largest absolute Gasteiger partial charge is 0.385 e. The van der Waals surface area contributed by atoms with Crippen molar-refractivity contribution in [2.75, 3.05) is 20.3 Å². The second kappa shape index (κ2) is 7.30.